The Bertz CT molecular complexity index is 629. The van der Waals surface area contributed by atoms with E-state index in [0.717, 1.165) is 5.56 Å². The normalized spacial score (nSPS) is 11.3. The lowest BCUT2D eigenvalue weighted by Crippen LogP contribution is -2.25. The molecule has 2 aromatic heterocycles. The Hall–Kier alpha value is -1.99. The molecule has 0 bridgehead atoms. The fourth-order valence-electron chi connectivity index (χ4n) is 1.38. The van der Waals surface area contributed by atoms with Crippen molar-refractivity contribution >= 4 is 15.7 Å². The Morgan fingerprint density at radius 3 is 2.67 bits per heavy atom. The van der Waals surface area contributed by atoms with Gasteiger partial charge in [-0.3, -0.25) is 4.98 Å². The number of nitrogens with zero attached hydrogens (tertiary/aromatic N) is 2. The second kappa shape index (κ2) is 5.11. The third-order valence-corrected chi connectivity index (χ3v) is 3.62. The predicted molar refractivity (Wildman–Crippen MR) is 66.9 cm³/mol. The minimum atomic E-state index is -3.70. The van der Waals surface area contributed by atoms with Crippen molar-refractivity contribution in [3.05, 3.63) is 48.4 Å². The number of aromatic nitrogens is 2. The van der Waals surface area contributed by atoms with Crippen LogP contribution in [0.1, 0.15) is 5.56 Å². The molecule has 3 N–H and O–H groups in total. The molecule has 0 aromatic carbocycles. The molecule has 0 fully saturated rings. The highest BCUT2D eigenvalue weighted by Crippen LogP contribution is 2.13. The van der Waals surface area contributed by atoms with Crippen molar-refractivity contribution in [3.63, 3.8) is 0 Å². The van der Waals surface area contributed by atoms with Gasteiger partial charge in [-0.15, -0.1) is 0 Å². The number of nitrogens with two attached hydrogens (primary N) is 1. The minimum Gasteiger partial charge on any atom is -0.396 e. The summed E-state index contributed by atoms with van der Waals surface area (Å²) < 4.78 is 26.3. The molecule has 0 saturated heterocycles. The predicted octanol–water partition coefficient (Wildman–Crippen LogP) is 0.537. The van der Waals surface area contributed by atoms with Crippen molar-refractivity contribution in [3.8, 4) is 0 Å². The van der Waals surface area contributed by atoms with Crippen LogP contribution in [-0.4, -0.2) is 18.4 Å². The summed E-state index contributed by atoms with van der Waals surface area (Å²) in [5.41, 5.74) is 6.46. The molecule has 0 unspecified atom stereocenters. The molecule has 94 valence electrons. The second-order valence-electron chi connectivity index (χ2n) is 3.58. The largest absolute Gasteiger partial charge is 0.396 e. The molecule has 2 rings (SSSR count). The maximum absolute atomic E-state index is 12.0. The number of anilines is 1. The second-order valence-corrected chi connectivity index (χ2v) is 5.27. The zero-order chi connectivity index (χ0) is 13.0. The van der Waals surface area contributed by atoms with Crippen LogP contribution in [0.4, 0.5) is 5.69 Å². The van der Waals surface area contributed by atoms with Gasteiger partial charge in [0.2, 0.25) is 0 Å². The minimum absolute atomic E-state index is 0.121. The van der Waals surface area contributed by atoms with E-state index in [9.17, 15) is 8.42 Å². The molecule has 7 heteroatoms. The topological polar surface area (TPSA) is 98.0 Å². The molecular weight excluding hydrogens is 252 g/mol. The summed E-state index contributed by atoms with van der Waals surface area (Å²) in [6.45, 7) is 0.145. The van der Waals surface area contributed by atoms with Crippen LogP contribution in [0.3, 0.4) is 0 Å². The molecule has 0 aliphatic rings. The third kappa shape index (κ3) is 2.82. The molecule has 0 spiro atoms. The monoisotopic (exact) mass is 264 g/mol. The van der Waals surface area contributed by atoms with Gasteiger partial charge >= 0.3 is 0 Å². The Kier molecular flexibility index (Phi) is 3.54. The summed E-state index contributed by atoms with van der Waals surface area (Å²) in [5, 5.41) is -0.158. The Morgan fingerprint density at radius 2 is 2.00 bits per heavy atom. The molecule has 6 nitrogen and oxygen atoms in total. The molecule has 0 aliphatic heterocycles. The SMILES string of the molecule is Nc1cccnc1S(=O)(=O)NCc1cccnc1. The van der Waals surface area contributed by atoms with E-state index < -0.39 is 10.0 Å². The summed E-state index contributed by atoms with van der Waals surface area (Å²) >= 11 is 0. The summed E-state index contributed by atoms with van der Waals surface area (Å²) in [7, 11) is -3.70. The maximum atomic E-state index is 12.0. The summed E-state index contributed by atoms with van der Waals surface area (Å²) in [6.07, 6.45) is 4.59. The smallest absolute Gasteiger partial charge is 0.260 e. The van der Waals surface area contributed by atoms with E-state index in [2.05, 4.69) is 14.7 Å². The lowest BCUT2D eigenvalue weighted by atomic mass is 10.3. The van der Waals surface area contributed by atoms with Crippen LogP contribution in [0, 0.1) is 0 Å². The number of hydrogen-bond donors (Lipinski definition) is 2. The van der Waals surface area contributed by atoms with Crippen LogP contribution >= 0.6 is 0 Å². The summed E-state index contributed by atoms with van der Waals surface area (Å²) in [4.78, 5) is 7.67. The third-order valence-electron chi connectivity index (χ3n) is 2.24. The molecule has 0 saturated carbocycles. The first-order valence-electron chi connectivity index (χ1n) is 5.18. The van der Waals surface area contributed by atoms with Crippen molar-refractivity contribution < 1.29 is 8.42 Å². The molecule has 2 heterocycles. The quantitative estimate of drug-likeness (QED) is 0.839. The average molecular weight is 264 g/mol. The number of pyridine rings is 2. The lowest BCUT2D eigenvalue weighted by Gasteiger charge is -2.07. The van der Waals surface area contributed by atoms with E-state index in [-0.39, 0.29) is 17.3 Å². The number of nitrogen functional groups attached to an aromatic ring is 1. The first kappa shape index (κ1) is 12.5. The first-order valence-corrected chi connectivity index (χ1v) is 6.67. The van der Waals surface area contributed by atoms with Crippen molar-refractivity contribution in [2.24, 2.45) is 0 Å². The van der Waals surface area contributed by atoms with Gasteiger partial charge in [-0.05, 0) is 23.8 Å². The van der Waals surface area contributed by atoms with E-state index in [1.54, 1.807) is 30.6 Å². The van der Waals surface area contributed by atoms with Crippen LogP contribution in [0.25, 0.3) is 0 Å². The molecule has 0 aliphatic carbocycles. The van der Waals surface area contributed by atoms with Crippen molar-refractivity contribution in [1.29, 1.82) is 0 Å². The van der Waals surface area contributed by atoms with Gasteiger partial charge in [-0.25, -0.2) is 18.1 Å². The van der Waals surface area contributed by atoms with Gasteiger partial charge in [-0.1, -0.05) is 6.07 Å². The van der Waals surface area contributed by atoms with Crippen molar-refractivity contribution in [2.75, 3.05) is 5.73 Å². The summed E-state index contributed by atoms with van der Waals surface area (Å²) in [5.74, 6) is 0. The highest BCUT2D eigenvalue weighted by molar-refractivity contribution is 7.89. The molecule has 18 heavy (non-hydrogen) atoms. The number of rotatable bonds is 4. The van der Waals surface area contributed by atoms with Gasteiger partial charge in [0.1, 0.15) is 0 Å². The highest BCUT2D eigenvalue weighted by Gasteiger charge is 2.18. The van der Waals surface area contributed by atoms with Crippen LogP contribution in [-0.2, 0) is 16.6 Å². The van der Waals surface area contributed by atoms with Gasteiger partial charge in [0.15, 0.2) is 5.03 Å². The van der Waals surface area contributed by atoms with E-state index in [1.165, 1.54) is 12.3 Å². The Morgan fingerprint density at radius 1 is 1.22 bits per heavy atom. The van der Waals surface area contributed by atoms with E-state index >= 15 is 0 Å². The average Bonchev–Trinajstić information content (AvgIpc) is 2.38. The standard InChI is InChI=1S/C11H12N4O2S/c12-10-4-2-6-14-11(10)18(16,17)15-8-9-3-1-5-13-7-9/h1-7,15H,8,12H2. The fraction of sp³-hybridized carbons (Fsp3) is 0.0909. The van der Waals surface area contributed by atoms with Crippen molar-refractivity contribution in [1.82, 2.24) is 14.7 Å². The van der Waals surface area contributed by atoms with Crippen LogP contribution in [0.15, 0.2) is 47.9 Å². The molecule has 2 aromatic rings. The first-order chi connectivity index (χ1) is 8.59. The number of nitrogens with one attached hydrogen (secondary N) is 1. The van der Waals surface area contributed by atoms with Gasteiger partial charge in [-0.2, -0.15) is 0 Å². The summed E-state index contributed by atoms with van der Waals surface area (Å²) in [6, 6.07) is 6.58. The van der Waals surface area contributed by atoms with E-state index in [1.807, 2.05) is 0 Å². The number of hydrogen-bond acceptors (Lipinski definition) is 5. The molecule has 0 amide bonds. The van der Waals surface area contributed by atoms with Gasteiger partial charge in [0.25, 0.3) is 10.0 Å². The van der Waals surface area contributed by atoms with Crippen molar-refractivity contribution in [2.45, 2.75) is 11.6 Å². The fourth-order valence-corrected chi connectivity index (χ4v) is 2.45. The zero-order valence-electron chi connectivity index (χ0n) is 9.45. The van der Waals surface area contributed by atoms with Crippen LogP contribution < -0.4 is 10.5 Å². The highest BCUT2D eigenvalue weighted by atomic mass is 32.2. The zero-order valence-corrected chi connectivity index (χ0v) is 10.3. The van der Waals surface area contributed by atoms with Gasteiger partial charge < -0.3 is 5.73 Å². The van der Waals surface area contributed by atoms with E-state index in [4.69, 9.17) is 5.73 Å². The molecule has 0 atom stereocenters. The van der Waals surface area contributed by atoms with Crippen LogP contribution in [0.2, 0.25) is 0 Å². The maximum Gasteiger partial charge on any atom is 0.260 e. The Labute approximate surface area is 105 Å². The van der Waals surface area contributed by atoms with Gasteiger partial charge in [0, 0.05) is 25.1 Å². The van der Waals surface area contributed by atoms with Crippen LogP contribution in [0.5, 0.6) is 0 Å². The molecular formula is C11H12N4O2S. The van der Waals surface area contributed by atoms with Gasteiger partial charge in [0.05, 0.1) is 5.69 Å². The lowest BCUT2D eigenvalue weighted by molar-refractivity contribution is 0.578. The molecule has 0 radical (unpaired) electrons. The Balaban J connectivity index is 2.16. The van der Waals surface area contributed by atoms with E-state index in [0.29, 0.717) is 0 Å². The number of sulfonamides is 1.